The molecule has 0 aliphatic heterocycles. The first-order valence-electron chi connectivity index (χ1n) is 11.4. The van der Waals surface area contributed by atoms with Crippen LogP contribution >= 0.6 is 0 Å². The molecule has 0 aliphatic rings. The van der Waals surface area contributed by atoms with E-state index in [4.69, 9.17) is 0 Å². The average molecular weight is 445 g/mol. The van der Waals surface area contributed by atoms with Gasteiger partial charge in [-0.2, -0.15) is 0 Å². The minimum absolute atomic E-state index is 0.0920. The second-order valence-electron chi connectivity index (χ2n) is 7.96. The summed E-state index contributed by atoms with van der Waals surface area (Å²) in [6.45, 7) is 2.23. The molecule has 0 saturated carbocycles. The zero-order valence-electron chi connectivity index (χ0n) is 18.6. The molecule has 5 nitrogen and oxygen atoms in total. The highest BCUT2D eigenvalue weighted by Crippen LogP contribution is 2.22. The van der Waals surface area contributed by atoms with Crippen LogP contribution in [0, 0.1) is 0 Å². The van der Waals surface area contributed by atoms with Crippen molar-refractivity contribution in [2.45, 2.75) is 71.1 Å². The van der Waals surface area contributed by atoms with Gasteiger partial charge in [-0.1, -0.05) is 118 Å². The predicted molar refractivity (Wildman–Crippen MR) is 130 cm³/mol. The summed E-state index contributed by atoms with van der Waals surface area (Å²) < 4.78 is 27.9. The van der Waals surface area contributed by atoms with Gasteiger partial charge < -0.3 is 5.21 Å². The fourth-order valence-electron chi connectivity index (χ4n) is 3.64. The number of nitrogens with one attached hydrogen (secondary N) is 1. The zero-order chi connectivity index (χ0) is 22.4. The molecule has 0 aromatic heterocycles. The van der Waals surface area contributed by atoms with Crippen LogP contribution in [0.5, 0.6) is 0 Å². The van der Waals surface area contributed by atoms with Crippen LogP contribution in [0.1, 0.15) is 82.3 Å². The van der Waals surface area contributed by atoms with Gasteiger partial charge in [-0.3, -0.25) is 4.72 Å². The molecular formula is C25H36N2O3S. The molecule has 0 radical (unpaired) electrons. The van der Waals surface area contributed by atoms with Gasteiger partial charge in [0.25, 0.3) is 0 Å². The van der Waals surface area contributed by atoms with E-state index >= 15 is 0 Å². The first kappa shape index (κ1) is 24.9. The molecule has 0 amide bonds. The highest BCUT2D eigenvalue weighted by Gasteiger charge is 2.16. The van der Waals surface area contributed by atoms with Gasteiger partial charge in [-0.15, -0.1) is 0 Å². The Morgan fingerprint density at radius 1 is 0.806 bits per heavy atom. The number of rotatable bonds is 15. The van der Waals surface area contributed by atoms with E-state index in [1.165, 1.54) is 44.9 Å². The van der Waals surface area contributed by atoms with E-state index in [-0.39, 0.29) is 5.75 Å². The van der Waals surface area contributed by atoms with Crippen molar-refractivity contribution >= 4 is 21.4 Å². The Kier molecular flexibility index (Phi) is 11.1. The van der Waals surface area contributed by atoms with Crippen molar-refractivity contribution in [1.29, 1.82) is 0 Å². The van der Waals surface area contributed by atoms with Crippen molar-refractivity contribution in [3.05, 3.63) is 65.7 Å². The quantitative estimate of drug-likeness (QED) is 0.141. The first-order chi connectivity index (χ1) is 15.1. The summed E-state index contributed by atoms with van der Waals surface area (Å²) in [4.78, 5) is 0. The number of sulfonamides is 1. The Balaban J connectivity index is 1.84. The Bertz CT molecular complexity index is 896. The number of para-hydroxylation sites is 1. The third-order valence-corrected chi connectivity index (χ3v) is 6.72. The third-order valence-electron chi connectivity index (χ3n) is 5.36. The van der Waals surface area contributed by atoms with Gasteiger partial charge in [0.1, 0.15) is 5.71 Å². The Morgan fingerprint density at radius 3 is 1.97 bits per heavy atom. The molecule has 0 atom stereocenters. The van der Waals surface area contributed by atoms with E-state index in [9.17, 15) is 13.6 Å². The first-order valence-corrected chi connectivity index (χ1v) is 13.1. The summed E-state index contributed by atoms with van der Waals surface area (Å²) in [5.41, 5.74) is 2.01. The van der Waals surface area contributed by atoms with Crippen molar-refractivity contribution in [1.82, 2.24) is 0 Å². The van der Waals surface area contributed by atoms with E-state index in [1.807, 2.05) is 30.3 Å². The van der Waals surface area contributed by atoms with Crippen molar-refractivity contribution < 1.29 is 13.6 Å². The largest absolute Gasteiger partial charge is 0.410 e. The standard InChI is InChI=1S/C25H36N2O3S/c1-2-3-4-5-6-7-8-9-10-16-21-31(29,30)27-24-20-15-14-19-23(24)25(26-28)22-17-12-11-13-18-22/h11-15,17-20,27-28H,2-10,16,21H2,1H3/b26-25+. The van der Waals surface area contributed by atoms with Gasteiger partial charge in [0, 0.05) is 11.1 Å². The minimum atomic E-state index is -3.48. The monoisotopic (exact) mass is 444 g/mol. The van der Waals surface area contributed by atoms with Crippen LogP contribution in [-0.2, 0) is 10.0 Å². The van der Waals surface area contributed by atoms with E-state index < -0.39 is 10.0 Å². The fraction of sp³-hybridized carbons (Fsp3) is 0.480. The summed E-state index contributed by atoms with van der Waals surface area (Å²) in [5.74, 6) is 0.0920. The molecule has 0 aliphatic carbocycles. The number of hydrogen-bond donors (Lipinski definition) is 2. The normalized spacial score (nSPS) is 12.1. The molecule has 0 saturated heterocycles. The highest BCUT2D eigenvalue weighted by molar-refractivity contribution is 7.92. The maximum Gasteiger partial charge on any atom is 0.232 e. The molecule has 2 N–H and O–H groups in total. The number of hydrogen-bond acceptors (Lipinski definition) is 4. The molecule has 0 fully saturated rings. The summed E-state index contributed by atoms with van der Waals surface area (Å²) >= 11 is 0. The Morgan fingerprint density at radius 2 is 1.35 bits per heavy atom. The van der Waals surface area contributed by atoms with Gasteiger partial charge in [0.05, 0.1) is 11.4 Å². The summed E-state index contributed by atoms with van der Waals surface area (Å²) in [5, 5.41) is 13.0. The maximum absolute atomic E-state index is 12.6. The molecule has 170 valence electrons. The third kappa shape index (κ3) is 9.13. The molecule has 0 spiro atoms. The number of benzene rings is 2. The minimum Gasteiger partial charge on any atom is -0.410 e. The van der Waals surface area contributed by atoms with Gasteiger partial charge in [0.2, 0.25) is 10.0 Å². The van der Waals surface area contributed by atoms with Gasteiger partial charge >= 0.3 is 0 Å². The van der Waals surface area contributed by atoms with Gasteiger partial charge in [0.15, 0.2) is 0 Å². The van der Waals surface area contributed by atoms with E-state index in [2.05, 4.69) is 16.8 Å². The second kappa shape index (κ2) is 13.9. The molecule has 6 heteroatoms. The summed E-state index contributed by atoms with van der Waals surface area (Å²) in [6, 6.07) is 16.2. The molecule has 0 bridgehead atoms. The Labute approximate surface area is 187 Å². The van der Waals surface area contributed by atoms with Crippen LogP contribution in [0.25, 0.3) is 0 Å². The van der Waals surface area contributed by atoms with E-state index in [1.54, 1.807) is 24.3 Å². The lowest BCUT2D eigenvalue weighted by Crippen LogP contribution is -2.19. The molecular weight excluding hydrogens is 408 g/mol. The predicted octanol–water partition coefficient (Wildman–Crippen LogP) is 6.58. The molecule has 2 aromatic rings. The maximum atomic E-state index is 12.6. The second-order valence-corrected chi connectivity index (χ2v) is 9.80. The van der Waals surface area contributed by atoms with Crippen LogP contribution < -0.4 is 4.72 Å². The van der Waals surface area contributed by atoms with Crippen molar-refractivity contribution in [3.8, 4) is 0 Å². The van der Waals surface area contributed by atoms with E-state index in [0.717, 1.165) is 12.8 Å². The van der Waals surface area contributed by atoms with Crippen molar-refractivity contribution in [2.75, 3.05) is 10.5 Å². The SMILES string of the molecule is CCCCCCCCCCCCS(=O)(=O)Nc1ccccc1/C(=N/O)c1ccccc1. The van der Waals surface area contributed by atoms with Crippen molar-refractivity contribution in [2.24, 2.45) is 5.16 Å². The molecule has 2 aromatic carbocycles. The average Bonchev–Trinajstić information content (AvgIpc) is 2.77. The number of nitrogens with zero attached hydrogens (tertiary/aromatic N) is 1. The van der Waals surface area contributed by atoms with Gasteiger partial charge in [-0.25, -0.2) is 8.42 Å². The lowest BCUT2D eigenvalue weighted by Gasteiger charge is -2.13. The number of anilines is 1. The fourth-order valence-corrected chi connectivity index (χ4v) is 4.84. The summed E-state index contributed by atoms with van der Waals surface area (Å²) in [6.07, 6.45) is 11.6. The summed E-state index contributed by atoms with van der Waals surface area (Å²) in [7, 11) is -3.48. The molecule has 0 heterocycles. The van der Waals surface area contributed by atoms with E-state index in [0.29, 0.717) is 28.9 Å². The van der Waals surface area contributed by atoms with Crippen LogP contribution in [0.3, 0.4) is 0 Å². The van der Waals surface area contributed by atoms with Gasteiger partial charge in [-0.05, 0) is 12.5 Å². The molecule has 31 heavy (non-hydrogen) atoms. The molecule has 0 unspecified atom stereocenters. The van der Waals surface area contributed by atoms with Crippen LogP contribution in [-0.4, -0.2) is 25.1 Å². The Hall–Kier alpha value is -2.34. The smallest absolute Gasteiger partial charge is 0.232 e. The van der Waals surface area contributed by atoms with Crippen LogP contribution in [0.4, 0.5) is 5.69 Å². The van der Waals surface area contributed by atoms with Crippen molar-refractivity contribution in [3.63, 3.8) is 0 Å². The molecule has 2 rings (SSSR count). The number of oxime groups is 1. The lowest BCUT2D eigenvalue weighted by molar-refractivity contribution is 0.319. The number of unbranched alkanes of at least 4 members (excludes halogenated alkanes) is 9. The highest BCUT2D eigenvalue weighted by atomic mass is 32.2. The van der Waals surface area contributed by atoms with Crippen LogP contribution in [0.2, 0.25) is 0 Å². The zero-order valence-corrected chi connectivity index (χ0v) is 19.4. The topological polar surface area (TPSA) is 78.8 Å². The van der Waals surface area contributed by atoms with Crippen LogP contribution in [0.15, 0.2) is 59.8 Å². The lowest BCUT2D eigenvalue weighted by atomic mass is 10.0.